The van der Waals surface area contributed by atoms with Gasteiger partial charge in [-0.1, -0.05) is 29.6 Å². The van der Waals surface area contributed by atoms with Crippen molar-refractivity contribution in [2.45, 2.75) is 32.1 Å². The van der Waals surface area contributed by atoms with Gasteiger partial charge in [0.05, 0.1) is 10.7 Å². The number of rotatable bonds is 5. The zero-order chi connectivity index (χ0) is 16.4. The molecule has 3 rings (SSSR count). The van der Waals surface area contributed by atoms with Crippen molar-refractivity contribution in [3.05, 3.63) is 28.2 Å². The maximum atomic E-state index is 11.9. The summed E-state index contributed by atoms with van der Waals surface area (Å²) in [6.45, 7) is -0.293. The Bertz CT molecular complexity index is 620. The molecule has 1 aromatic carbocycles. The lowest BCUT2D eigenvalue weighted by molar-refractivity contribution is -0.148. The van der Waals surface area contributed by atoms with Gasteiger partial charge in [-0.15, -0.1) is 0 Å². The quantitative estimate of drug-likeness (QED) is 0.801. The Morgan fingerprint density at radius 2 is 2.04 bits per heavy atom. The molecule has 6 heteroatoms. The van der Waals surface area contributed by atoms with E-state index >= 15 is 0 Å². The van der Waals surface area contributed by atoms with E-state index in [4.69, 9.17) is 27.9 Å². The summed E-state index contributed by atoms with van der Waals surface area (Å²) in [6, 6.07) is 4.78. The molecule has 0 radical (unpaired) electrons. The normalized spacial score (nSPS) is 25.4. The van der Waals surface area contributed by atoms with Crippen molar-refractivity contribution in [1.82, 2.24) is 0 Å². The van der Waals surface area contributed by atoms with Crippen LogP contribution in [0.3, 0.4) is 0 Å². The molecular formula is C17H19Cl2NO3. The fourth-order valence-electron chi connectivity index (χ4n) is 3.82. The summed E-state index contributed by atoms with van der Waals surface area (Å²) in [6.07, 6.45) is 5.36. The van der Waals surface area contributed by atoms with E-state index in [-0.39, 0.29) is 12.6 Å². The van der Waals surface area contributed by atoms with E-state index in [1.807, 2.05) is 0 Å². The summed E-state index contributed by atoms with van der Waals surface area (Å²) in [7, 11) is 0. The predicted octanol–water partition coefficient (Wildman–Crippen LogP) is 4.30. The third kappa shape index (κ3) is 4.18. The van der Waals surface area contributed by atoms with Gasteiger partial charge in [-0.05, 0) is 55.2 Å². The maximum absolute atomic E-state index is 11.9. The van der Waals surface area contributed by atoms with Gasteiger partial charge in [0.15, 0.2) is 6.61 Å². The number of hydrogen-bond donors (Lipinski definition) is 1. The summed E-state index contributed by atoms with van der Waals surface area (Å²) in [5.41, 5.74) is 0.449. The molecule has 23 heavy (non-hydrogen) atoms. The highest BCUT2D eigenvalue weighted by atomic mass is 35.5. The first-order valence-corrected chi connectivity index (χ1v) is 8.67. The fourth-order valence-corrected chi connectivity index (χ4v) is 4.28. The smallest absolute Gasteiger partial charge is 0.306 e. The van der Waals surface area contributed by atoms with Crippen LogP contribution >= 0.6 is 23.2 Å². The SMILES string of the molecule is O=C(COC(=O)C[C@@H]1C[C@@H]2CC[C@@H]1C2)Nc1ccc(Cl)cc1Cl. The maximum Gasteiger partial charge on any atom is 0.306 e. The van der Waals surface area contributed by atoms with Crippen molar-refractivity contribution in [3.63, 3.8) is 0 Å². The lowest BCUT2D eigenvalue weighted by atomic mass is 9.86. The summed E-state index contributed by atoms with van der Waals surface area (Å²) < 4.78 is 5.09. The molecule has 2 bridgehead atoms. The highest BCUT2D eigenvalue weighted by Crippen LogP contribution is 2.49. The van der Waals surface area contributed by atoms with Crippen molar-refractivity contribution in [2.24, 2.45) is 17.8 Å². The van der Waals surface area contributed by atoms with Crippen molar-refractivity contribution < 1.29 is 14.3 Å². The van der Waals surface area contributed by atoms with E-state index < -0.39 is 5.91 Å². The minimum Gasteiger partial charge on any atom is -0.456 e. The number of hydrogen-bond acceptors (Lipinski definition) is 3. The number of ether oxygens (including phenoxy) is 1. The summed E-state index contributed by atoms with van der Waals surface area (Å²) in [4.78, 5) is 23.7. The topological polar surface area (TPSA) is 55.4 Å². The van der Waals surface area contributed by atoms with Crippen molar-refractivity contribution >= 4 is 40.8 Å². The zero-order valence-corrected chi connectivity index (χ0v) is 14.2. The number of anilines is 1. The number of amides is 1. The van der Waals surface area contributed by atoms with Gasteiger partial charge in [-0.3, -0.25) is 9.59 Å². The molecule has 2 aliphatic rings. The third-order valence-corrected chi connectivity index (χ3v) is 5.43. The van der Waals surface area contributed by atoms with E-state index in [1.54, 1.807) is 18.2 Å². The van der Waals surface area contributed by atoms with Gasteiger partial charge in [0, 0.05) is 11.4 Å². The molecule has 0 aliphatic heterocycles. The van der Waals surface area contributed by atoms with Crippen LogP contribution in [0.25, 0.3) is 0 Å². The number of carbonyl (C=O) groups excluding carboxylic acids is 2. The van der Waals surface area contributed by atoms with E-state index in [9.17, 15) is 9.59 Å². The first kappa shape index (κ1) is 16.6. The van der Waals surface area contributed by atoms with E-state index in [2.05, 4.69) is 5.32 Å². The molecule has 1 aromatic rings. The standard InChI is InChI=1S/C17H19Cl2NO3/c18-13-3-4-15(14(19)8-13)20-16(21)9-23-17(22)7-12-6-10-1-2-11(12)5-10/h3-4,8,10-12H,1-2,5-7,9H2,(H,20,21)/t10-,11-,12+/m1/s1. The van der Waals surface area contributed by atoms with Crippen LogP contribution in [0.5, 0.6) is 0 Å². The molecule has 124 valence electrons. The van der Waals surface area contributed by atoms with E-state index in [1.165, 1.54) is 19.3 Å². The minimum absolute atomic E-state index is 0.292. The molecule has 0 heterocycles. The van der Waals surface area contributed by atoms with Gasteiger partial charge >= 0.3 is 5.97 Å². The average molecular weight is 356 g/mol. The lowest BCUT2D eigenvalue weighted by Gasteiger charge is -2.20. The molecule has 1 amide bonds. The molecule has 2 fully saturated rings. The Morgan fingerprint density at radius 3 is 2.70 bits per heavy atom. The van der Waals surface area contributed by atoms with Crippen LogP contribution in [-0.2, 0) is 14.3 Å². The number of benzene rings is 1. The van der Waals surface area contributed by atoms with E-state index in [0.29, 0.717) is 34.0 Å². The molecule has 2 saturated carbocycles. The predicted molar refractivity (Wildman–Crippen MR) is 89.6 cm³/mol. The number of fused-ring (bicyclic) bond motifs is 2. The van der Waals surface area contributed by atoms with Gasteiger partial charge in [-0.2, -0.15) is 0 Å². The Morgan fingerprint density at radius 1 is 1.22 bits per heavy atom. The summed E-state index contributed by atoms with van der Waals surface area (Å²) in [5, 5.41) is 3.44. The first-order valence-electron chi connectivity index (χ1n) is 7.92. The monoisotopic (exact) mass is 355 g/mol. The highest BCUT2D eigenvalue weighted by molar-refractivity contribution is 6.36. The number of esters is 1. The van der Waals surface area contributed by atoms with Crippen LogP contribution in [0.2, 0.25) is 10.0 Å². The van der Waals surface area contributed by atoms with Crippen LogP contribution in [0.15, 0.2) is 18.2 Å². The molecule has 1 N–H and O–H groups in total. The van der Waals surface area contributed by atoms with Crippen molar-refractivity contribution in [3.8, 4) is 0 Å². The van der Waals surface area contributed by atoms with Gasteiger partial charge in [0.25, 0.3) is 5.91 Å². The average Bonchev–Trinajstić information content (AvgIpc) is 3.11. The van der Waals surface area contributed by atoms with Gasteiger partial charge in [0.2, 0.25) is 0 Å². The molecule has 2 aliphatic carbocycles. The van der Waals surface area contributed by atoms with Crippen molar-refractivity contribution in [1.29, 1.82) is 0 Å². The molecule has 0 spiro atoms. The Hall–Kier alpha value is -1.26. The Balaban J connectivity index is 1.42. The van der Waals surface area contributed by atoms with E-state index in [0.717, 1.165) is 12.3 Å². The molecule has 3 atom stereocenters. The van der Waals surface area contributed by atoms with Gasteiger partial charge < -0.3 is 10.1 Å². The number of halogens is 2. The second-order valence-electron chi connectivity index (χ2n) is 6.47. The van der Waals surface area contributed by atoms with Crippen LogP contribution in [0, 0.1) is 17.8 Å². The van der Waals surface area contributed by atoms with Crippen LogP contribution in [-0.4, -0.2) is 18.5 Å². The highest BCUT2D eigenvalue weighted by Gasteiger charge is 2.40. The molecule has 0 aromatic heterocycles. The number of carbonyl (C=O) groups is 2. The lowest BCUT2D eigenvalue weighted by Crippen LogP contribution is -2.23. The molecule has 4 nitrogen and oxygen atoms in total. The fraction of sp³-hybridized carbons (Fsp3) is 0.529. The molecular weight excluding hydrogens is 337 g/mol. The van der Waals surface area contributed by atoms with Crippen LogP contribution in [0.1, 0.15) is 32.1 Å². The van der Waals surface area contributed by atoms with Crippen molar-refractivity contribution in [2.75, 3.05) is 11.9 Å². The summed E-state index contributed by atoms with van der Waals surface area (Å²) >= 11 is 11.8. The first-order chi connectivity index (χ1) is 11.0. The number of nitrogens with one attached hydrogen (secondary N) is 1. The van der Waals surface area contributed by atoms with Gasteiger partial charge in [-0.25, -0.2) is 0 Å². The summed E-state index contributed by atoms with van der Waals surface area (Å²) in [5.74, 6) is 1.22. The molecule has 0 unspecified atom stereocenters. The van der Waals surface area contributed by atoms with Crippen LogP contribution in [0.4, 0.5) is 5.69 Å². The van der Waals surface area contributed by atoms with Gasteiger partial charge in [0.1, 0.15) is 0 Å². The molecule has 0 saturated heterocycles. The largest absolute Gasteiger partial charge is 0.456 e. The third-order valence-electron chi connectivity index (χ3n) is 4.88. The Kier molecular flexibility index (Phi) is 5.12. The zero-order valence-electron chi connectivity index (χ0n) is 12.7. The second-order valence-corrected chi connectivity index (χ2v) is 7.32. The van der Waals surface area contributed by atoms with Crippen LogP contribution < -0.4 is 5.32 Å². The Labute approximate surface area is 145 Å². The minimum atomic E-state index is -0.407. The second kappa shape index (κ2) is 7.10.